The van der Waals surface area contributed by atoms with Crippen molar-refractivity contribution >= 4 is 11.5 Å². The van der Waals surface area contributed by atoms with Gasteiger partial charge in [-0.3, -0.25) is 9.80 Å². The van der Waals surface area contributed by atoms with Crippen LogP contribution in [0.2, 0.25) is 0 Å². The summed E-state index contributed by atoms with van der Waals surface area (Å²) in [7, 11) is 0. The first-order valence-electron chi connectivity index (χ1n) is 7.09. The summed E-state index contributed by atoms with van der Waals surface area (Å²) in [6.45, 7) is 4.02. The summed E-state index contributed by atoms with van der Waals surface area (Å²) >= 11 is 0. The van der Waals surface area contributed by atoms with Crippen LogP contribution in [0.15, 0.2) is 35.4 Å². The fourth-order valence-electron chi connectivity index (χ4n) is 2.43. The van der Waals surface area contributed by atoms with Crippen molar-refractivity contribution in [1.29, 1.82) is 0 Å². The van der Waals surface area contributed by atoms with Gasteiger partial charge in [-0.15, -0.1) is 0 Å². The van der Waals surface area contributed by atoms with Crippen molar-refractivity contribution in [1.82, 2.24) is 5.01 Å². The van der Waals surface area contributed by atoms with Crippen LogP contribution in [0.5, 0.6) is 0 Å². The number of ketones is 1. The molecule has 3 heteroatoms. The first kappa shape index (κ1) is 13.8. The Morgan fingerprint density at radius 1 is 1.16 bits per heavy atom. The van der Waals surface area contributed by atoms with E-state index in [1.54, 1.807) is 0 Å². The molecule has 0 N–H and O–H groups in total. The minimum Gasteiger partial charge on any atom is -0.299 e. The molecule has 1 aromatic rings. The van der Waals surface area contributed by atoms with Gasteiger partial charge < -0.3 is 0 Å². The second-order valence-electron chi connectivity index (χ2n) is 5.23. The number of piperidine rings is 1. The molecule has 0 bridgehead atoms. The van der Waals surface area contributed by atoms with Crippen molar-refractivity contribution in [3.05, 3.63) is 35.9 Å². The summed E-state index contributed by atoms with van der Waals surface area (Å²) in [4.78, 5) is 12.0. The molecular formula is C16H22N2O. The van der Waals surface area contributed by atoms with Gasteiger partial charge in [0.05, 0.1) is 0 Å². The number of hydrogen-bond acceptors (Lipinski definition) is 3. The second-order valence-corrected chi connectivity index (χ2v) is 5.23. The van der Waals surface area contributed by atoms with Crippen LogP contribution in [0.1, 0.15) is 38.2 Å². The first-order valence-corrected chi connectivity index (χ1v) is 7.09. The Kier molecular flexibility index (Phi) is 5.13. The minimum atomic E-state index is 0.240. The number of rotatable bonds is 5. The topological polar surface area (TPSA) is 32.7 Å². The quantitative estimate of drug-likeness (QED) is 0.760. The van der Waals surface area contributed by atoms with Gasteiger partial charge in [0.2, 0.25) is 0 Å². The van der Waals surface area contributed by atoms with Crippen molar-refractivity contribution in [3.63, 3.8) is 0 Å². The second kappa shape index (κ2) is 7.07. The van der Waals surface area contributed by atoms with Crippen LogP contribution >= 0.6 is 0 Å². The molecule has 102 valence electrons. The van der Waals surface area contributed by atoms with Crippen molar-refractivity contribution in [2.24, 2.45) is 5.10 Å². The Morgan fingerprint density at radius 2 is 1.84 bits per heavy atom. The maximum absolute atomic E-state index is 12.0. The Hall–Kier alpha value is -1.64. The lowest BCUT2D eigenvalue weighted by molar-refractivity contribution is -0.117. The molecule has 0 saturated carbocycles. The average Bonchev–Trinajstić information content (AvgIpc) is 2.40. The highest BCUT2D eigenvalue weighted by molar-refractivity contribution is 6.01. The smallest absolute Gasteiger partial charge is 0.142 e. The SMILES string of the molecule is CC(CC(=O)Cc1ccccc1)=NN1CCCCC1. The molecule has 3 nitrogen and oxygen atoms in total. The van der Waals surface area contributed by atoms with Crippen LogP contribution in [-0.4, -0.2) is 29.6 Å². The molecule has 1 aromatic carbocycles. The molecular weight excluding hydrogens is 236 g/mol. The summed E-state index contributed by atoms with van der Waals surface area (Å²) in [5.74, 6) is 0.240. The summed E-state index contributed by atoms with van der Waals surface area (Å²) in [6.07, 6.45) is 4.71. The minimum absolute atomic E-state index is 0.240. The zero-order chi connectivity index (χ0) is 13.5. The third-order valence-corrected chi connectivity index (χ3v) is 3.34. The molecule has 19 heavy (non-hydrogen) atoms. The van der Waals surface area contributed by atoms with Gasteiger partial charge in [-0.1, -0.05) is 30.3 Å². The molecule has 1 saturated heterocycles. The van der Waals surface area contributed by atoms with E-state index in [4.69, 9.17) is 0 Å². The standard InChI is InChI=1S/C16H22N2O/c1-14(17-18-10-6-3-7-11-18)12-16(19)13-15-8-4-2-5-9-15/h2,4-5,8-9H,3,6-7,10-13H2,1H3. The first-order chi connectivity index (χ1) is 9.24. The molecule has 0 spiro atoms. The largest absolute Gasteiger partial charge is 0.299 e. The fraction of sp³-hybridized carbons (Fsp3) is 0.500. The highest BCUT2D eigenvalue weighted by atomic mass is 16.1. The van der Waals surface area contributed by atoms with Gasteiger partial charge in [0.25, 0.3) is 0 Å². The summed E-state index contributed by atoms with van der Waals surface area (Å²) < 4.78 is 0. The zero-order valence-corrected chi connectivity index (χ0v) is 11.6. The van der Waals surface area contributed by atoms with E-state index in [2.05, 4.69) is 10.1 Å². The van der Waals surface area contributed by atoms with Gasteiger partial charge >= 0.3 is 0 Å². The third-order valence-electron chi connectivity index (χ3n) is 3.34. The number of benzene rings is 1. The third kappa shape index (κ3) is 4.86. The molecule has 0 amide bonds. The average molecular weight is 258 g/mol. The molecule has 0 unspecified atom stereocenters. The van der Waals surface area contributed by atoms with E-state index in [9.17, 15) is 4.79 Å². The van der Waals surface area contributed by atoms with E-state index < -0.39 is 0 Å². The predicted octanol–water partition coefficient (Wildman–Crippen LogP) is 3.05. The molecule has 0 radical (unpaired) electrons. The Morgan fingerprint density at radius 3 is 2.53 bits per heavy atom. The molecule has 1 heterocycles. The van der Waals surface area contributed by atoms with Crippen LogP contribution in [0.3, 0.4) is 0 Å². The van der Waals surface area contributed by atoms with E-state index in [0.29, 0.717) is 12.8 Å². The lowest BCUT2D eigenvalue weighted by Crippen LogP contribution is -2.26. The molecule has 0 atom stereocenters. The maximum Gasteiger partial charge on any atom is 0.142 e. The number of hydrazone groups is 1. The number of carbonyl (C=O) groups is 1. The van der Waals surface area contributed by atoms with Crippen molar-refractivity contribution in [2.75, 3.05) is 13.1 Å². The molecule has 1 aliphatic rings. The van der Waals surface area contributed by atoms with E-state index in [-0.39, 0.29) is 5.78 Å². The molecule has 0 aliphatic carbocycles. The summed E-state index contributed by atoms with van der Waals surface area (Å²) in [6, 6.07) is 9.90. The van der Waals surface area contributed by atoms with Gasteiger partial charge in [-0.2, -0.15) is 5.10 Å². The lowest BCUT2D eigenvalue weighted by Gasteiger charge is -2.24. The van der Waals surface area contributed by atoms with Gasteiger partial charge in [-0.25, -0.2) is 0 Å². The fourth-order valence-corrected chi connectivity index (χ4v) is 2.43. The summed E-state index contributed by atoms with van der Waals surface area (Å²) in [5.41, 5.74) is 2.01. The van der Waals surface area contributed by atoms with Crippen LogP contribution in [-0.2, 0) is 11.2 Å². The normalized spacial score (nSPS) is 16.5. The van der Waals surface area contributed by atoms with Crippen LogP contribution in [0.4, 0.5) is 0 Å². The predicted molar refractivity (Wildman–Crippen MR) is 78.3 cm³/mol. The highest BCUT2D eigenvalue weighted by Crippen LogP contribution is 2.10. The van der Waals surface area contributed by atoms with Crippen molar-refractivity contribution in [2.45, 2.75) is 39.0 Å². The van der Waals surface area contributed by atoms with Gasteiger partial charge in [0.1, 0.15) is 5.78 Å². The number of carbonyl (C=O) groups excluding carboxylic acids is 1. The highest BCUT2D eigenvalue weighted by Gasteiger charge is 2.10. The van der Waals surface area contributed by atoms with Gasteiger partial charge in [-0.05, 0) is 31.7 Å². The van der Waals surface area contributed by atoms with Gasteiger partial charge in [0.15, 0.2) is 0 Å². The monoisotopic (exact) mass is 258 g/mol. The molecule has 1 aliphatic heterocycles. The Bertz CT molecular complexity index is 433. The van der Waals surface area contributed by atoms with Crippen LogP contribution in [0, 0.1) is 0 Å². The summed E-state index contributed by atoms with van der Waals surface area (Å²) in [5, 5.41) is 6.65. The van der Waals surface area contributed by atoms with E-state index in [1.165, 1.54) is 19.3 Å². The van der Waals surface area contributed by atoms with Gasteiger partial charge in [0, 0.05) is 31.6 Å². The van der Waals surface area contributed by atoms with Crippen molar-refractivity contribution in [3.8, 4) is 0 Å². The maximum atomic E-state index is 12.0. The Labute approximate surface area is 115 Å². The molecule has 0 aromatic heterocycles. The van der Waals surface area contributed by atoms with E-state index >= 15 is 0 Å². The lowest BCUT2D eigenvalue weighted by atomic mass is 10.1. The van der Waals surface area contributed by atoms with E-state index in [1.807, 2.05) is 37.3 Å². The van der Waals surface area contributed by atoms with E-state index in [0.717, 1.165) is 24.4 Å². The molecule has 1 fully saturated rings. The number of Topliss-reactive ketones (excluding diaryl/α,β-unsaturated/α-hetero) is 1. The Balaban J connectivity index is 1.82. The van der Waals surface area contributed by atoms with Crippen LogP contribution in [0.25, 0.3) is 0 Å². The zero-order valence-electron chi connectivity index (χ0n) is 11.6. The number of hydrogen-bond donors (Lipinski definition) is 0. The molecule has 2 rings (SSSR count). The van der Waals surface area contributed by atoms with Crippen LogP contribution < -0.4 is 0 Å². The number of nitrogens with zero attached hydrogens (tertiary/aromatic N) is 2. The van der Waals surface area contributed by atoms with Crippen molar-refractivity contribution < 1.29 is 4.79 Å².